The van der Waals surface area contributed by atoms with Crippen molar-refractivity contribution in [2.45, 2.75) is 90.9 Å². The van der Waals surface area contributed by atoms with Crippen molar-refractivity contribution in [2.75, 3.05) is 9.80 Å². The average Bonchev–Trinajstić information content (AvgIpc) is 4.21. The molecule has 0 unspecified atom stereocenters. The first kappa shape index (κ1) is 41.4. The zero-order chi connectivity index (χ0) is 46.8. The van der Waals surface area contributed by atoms with Gasteiger partial charge in [0.1, 0.15) is 11.2 Å². The summed E-state index contributed by atoms with van der Waals surface area (Å²) < 4.78 is 14.4. The van der Waals surface area contributed by atoms with Crippen molar-refractivity contribution in [3.63, 3.8) is 0 Å². The Morgan fingerprint density at radius 1 is 0.343 bits per heavy atom. The number of para-hydroxylation sites is 4. The lowest BCUT2D eigenvalue weighted by Gasteiger charge is -2.30. The molecule has 4 nitrogen and oxygen atoms in total. The fraction of sp³-hybridized carbons (Fsp3) is 0.212. The van der Waals surface area contributed by atoms with Crippen molar-refractivity contribution in [3.05, 3.63) is 191 Å². The molecular formula is C66H56N2O2. The van der Waals surface area contributed by atoms with Crippen LogP contribution < -0.4 is 9.80 Å². The van der Waals surface area contributed by atoms with E-state index in [-0.39, 0.29) is 0 Å². The fourth-order valence-corrected chi connectivity index (χ4v) is 13.3. The van der Waals surface area contributed by atoms with Crippen LogP contribution in [0.15, 0.2) is 167 Å². The Morgan fingerprint density at radius 2 is 0.700 bits per heavy atom. The molecule has 2 heterocycles. The summed E-state index contributed by atoms with van der Waals surface area (Å²) in [6.07, 6.45) is 10.0. The molecule has 2 aliphatic rings. The number of nitrogens with zero attached hydrogens (tertiary/aromatic N) is 2. The molecule has 342 valence electrons. The van der Waals surface area contributed by atoms with Gasteiger partial charge in [0.2, 0.25) is 0 Å². The van der Waals surface area contributed by atoms with E-state index in [1.165, 1.54) is 128 Å². The van der Waals surface area contributed by atoms with Gasteiger partial charge in [0, 0.05) is 43.7 Å². The molecule has 2 fully saturated rings. The smallest absolute Gasteiger partial charge is 0.159 e. The van der Waals surface area contributed by atoms with Gasteiger partial charge in [-0.05, 0) is 169 Å². The minimum absolute atomic E-state index is 0.539. The van der Waals surface area contributed by atoms with Crippen molar-refractivity contribution < 1.29 is 8.83 Å². The molecule has 12 aromatic rings. The molecule has 0 radical (unpaired) electrons. The maximum Gasteiger partial charge on any atom is 0.159 e. The third-order valence-corrected chi connectivity index (χ3v) is 16.2. The molecule has 0 amide bonds. The lowest BCUT2D eigenvalue weighted by molar-refractivity contribution is 0.643. The van der Waals surface area contributed by atoms with Crippen molar-refractivity contribution in [1.82, 2.24) is 0 Å². The van der Waals surface area contributed by atoms with E-state index < -0.39 is 0 Å². The zero-order valence-electron chi connectivity index (χ0n) is 40.5. The monoisotopic (exact) mass is 908 g/mol. The summed E-state index contributed by atoms with van der Waals surface area (Å²) in [7, 11) is 0. The number of hydrogen-bond donors (Lipinski definition) is 0. The molecule has 2 saturated carbocycles. The first-order chi connectivity index (χ1) is 34.3. The van der Waals surface area contributed by atoms with Gasteiger partial charge in [0.05, 0.1) is 22.7 Å². The molecule has 0 aliphatic heterocycles. The van der Waals surface area contributed by atoms with Crippen LogP contribution in [0.1, 0.15) is 96.6 Å². The van der Waals surface area contributed by atoms with Crippen LogP contribution in [0.25, 0.3) is 76.2 Å². The van der Waals surface area contributed by atoms with Gasteiger partial charge in [-0.15, -0.1) is 0 Å². The second kappa shape index (κ2) is 16.0. The van der Waals surface area contributed by atoms with E-state index >= 15 is 0 Å². The van der Waals surface area contributed by atoms with Gasteiger partial charge in [0.25, 0.3) is 0 Å². The van der Waals surface area contributed by atoms with Gasteiger partial charge in [-0.1, -0.05) is 135 Å². The van der Waals surface area contributed by atoms with E-state index in [2.05, 4.69) is 195 Å². The SMILES string of the molecule is Cc1cc(C)cc(N(c2ccc3ccc4c(N(c5cc(C)cc(C)c5)c5cccc6c5oc5c(C7CCCC7)cccc56)ccc5ccc2c3c54)c2cccc3c2oc2c(C4CCCC4)cccc23)c1. The summed E-state index contributed by atoms with van der Waals surface area (Å²) in [6.45, 7) is 8.82. The summed E-state index contributed by atoms with van der Waals surface area (Å²) in [4.78, 5) is 4.94. The van der Waals surface area contributed by atoms with Gasteiger partial charge in [-0.25, -0.2) is 0 Å². The summed E-state index contributed by atoms with van der Waals surface area (Å²) in [5.74, 6) is 1.08. The molecule has 2 aromatic heterocycles. The lowest BCUT2D eigenvalue weighted by Crippen LogP contribution is -2.12. The highest BCUT2D eigenvalue weighted by Crippen LogP contribution is 2.52. The first-order valence-electron chi connectivity index (χ1n) is 25.7. The van der Waals surface area contributed by atoms with E-state index in [1.54, 1.807) is 0 Å². The number of hydrogen-bond acceptors (Lipinski definition) is 4. The summed E-state index contributed by atoms with van der Waals surface area (Å²) >= 11 is 0. The summed E-state index contributed by atoms with van der Waals surface area (Å²) in [5.41, 5.74) is 18.1. The van der Waals surface area contributed by atoms with Gasteiger partial charge < -0.3 is 18.6 Å². The van der Waals surface area contributed by atoms with E-state index in [1.807, 2.05) is 0 Å². The third kappa shape index (κ3) is 6.42. The molecular weight excluding hydrogens is 853 g/mol. The molecule has 0 N–H and O–H groups in total. The highest BCUT2D eigenvalue weighted by molar-refractivity contribution is 6.29. The predicted molar refractivity (Wildman–Crippen MR) is 295 cm³/mol. The molecule has 0 spiro atoms. The molecule has 4 heteroatoms. The normalized spacial score (nSPS) is 14.9. The number of fused-ring (bicyclic) bond motifs is 6. The van der Waals surface area contributed by atoms with Gasteiger partial charge in [0.15, 0.2) is 11.2 Å². The fourth-order valence-electron chi connectivity index (χ4n) is 13.3. The van der Waals surface area contributed by atoms with Crippen LogP contribution in [0.5, 0.6) is 0 Å². The van der Waals surface area contributed by atoms with E-state index in [9.17, 15) is 0 Å². The van der Waals surface area contributed by atoms with Crippen LogP contribution >= 0.6 is 0 Å². The van der Waals surface area contributed by atoms with Crippen molar-refractivity contribution in [3.8, 4) is 0 Å². The maximum absolute atomic E-state index is 7.21. The minimum atomic E-state index is 0.539. The van der Waals surface area contributed by atoms with Crippen LogP contribution in [0, 0.1) is 27.7 Å². The minimum Gasteiger partial charge on any atom is -0.454 e. The van der Waals surface area contributed by atoms with Crippen LogP contribution in [0.2, 0.25) is 0 Å². The zero-order valence-corrected chi connectivity index (χ0v) is 40.5. The number of aryl methyl sites for hydroxylation is 4. The standard InChI is InChI=1S/C66H56N2O2/c1-39-33-40(2)36-47(35-39)67(59-23-11-21-53-51-19-9-17-49(43-13-5-6-14-43)63(51)69-65(53)59)57-31-27-45-26-30-56-58(32-28-46-25-29-55(57)61(45)62(46)56)68(48-37-41(3)34-42(4)38-48)60-24-12-22-54-52-20-10-18-50(44-15-7-8-16-44)64(52)70-66(54)60/h9-12,17-38,43-44H,5-8,13-16H2,1-4H3. The number of anilines is 6. The molecule has 0 atom stereocenters. The second-order valence-corrected chi connectivity index (χ2v) is 20.9. The summed E-state index contributed by atoms with van der Waals surface area (Å²) in [5, 5.41) is 12.1. The Labute approximate surface area is 409 Å². The highest BCUT2D eigenvalue weighted by atomic mass is 16.3. The average molecular weight is 909 g/mol. The van der Waals surface area contributed by atoms with E-state index in [0.29, 0.717) is 11.8 Å². The van der Waals surface area contributed by atoms with Crippen molar-refractivity contribution in [2.24, 2.45) is 0 Å². The second-order valence-electron chi connectivity index (χ2n) is 20.9. The number of rotatable bonds is 8. The van der Waals surface area contributed by atoms with Crippen LogP contribution in [-0.2, 0) is 0 Å². The largest absolute Gasteiger partial charge is 0.454 e. The number of furan rings is 2. The Hall–Kier alpha value is -7.56. The quantitative estimate of drug-likeness (QED) is 0.142. The van der Waals surface area contributed by atoms with Gasteiger partial charge in [-0.2, -0.15) is 0 Å². The Balaban J connectivity index is 1.01. The summed E-state index contributed by atoms with van der Waals surface area (Å²) in [6, 6.07) is 59.5. The van der Waals surface area contributed by atoms with Gasteiger partial charge in [-0.3, -0.25) is 0 Å². The number of benzene rings is 10. The van der Waals surface area contributed by atoms with Gasteiger partial charge >= 0.3 is 0 Å². The van der Waals surface area contributed by atoms with E-state index in [4.69, 9.17) is 8.83 Å². The Kier molecular flexibility index (Phi) is 9.47. The first-order valence-corrected chi connectivity index (χ1v) is 25.7. The topological polar surface area (TPSA) is 32.8 Å². The molecule has 0 bridgehead atoms. The molecule has 14 rings (SSSR count). The lowest BCUT2D eigenvalue weighted by atomic mass is 9.91. The van der Waals surface area contributed by atoms with Crippen LogP contribution in [-0.4, -0.2) is 0 Å². The van der Waals surface area contributed by atoms with Crippen molar-refractivity contribution in [1.29, 1.82) is 0 Å². The third-order valence-electron chi connectivity index (χ3n) is 16.2. The van der Waals surface area contributed by atoms with E-state index in [0.717, 1.165) is 67.2 Å². The van der Waals surface area contributed by atoms with Crippen molar-refractivity contribution >= 4 is 110 Å². The highest BCUT2D eigenvalue weighted by Gasteiger charge is 2.29. The van der Waals surface area contributed by atoms with Crippen LogP contribution in [0.4, 0.5) is 34.1 Å². The predicted octanol–water partition coefficient (Wildman–Crippen LogP) is 19.9. The molecule has 70 heavy (non-hydrogen) atoms. The molecule has 10 aromatic carbocycles. The maximum atomic E-state index is 7.21. The Bertz CT molecular complexity index is 3740. The van der Waals surface area contributed by atoms with Crippen LogP contribution in [0.3, 0.4) is 0 Å². The molecule has 0 saturated heterocycles. The molecule has 2 aliphatic carbocycles. The Morgan fingerprint density at radius 3 is 1.10 bits per heavy atom.